The number of aliphatic carboxylic acids is 1. The lowest BCUT2D eigenvalue weighted by Gasteiger charge is -2.29. The number of alkyl halides is 3. The van der Waals surface area contributed by atoms with Crippen LogP contribution in [0.25, 0.3) is 0 Å². The second kappa shape index (κ2) is 5.23. The van der Waals surface area contributed by atoms with E-state index in [1.165, 1.54) is 0 Å². The van der Waals surface area contributed by atoms with E-state index in [2.05, 4.69) is 0 Å². The van der Waals surface area contributed by atoms with Crippen LogP contribution in [0.4, 0.5) is 13.2 Å². The Balaban J connectivity index is 2.55. The van der Waals surface area contributed by atoms with Gasteiger partial charge in [0.1, 0.15) is 18.5 Å². The van der Waals surface area contributed by atoms with Gasteiger partial charge in [-0.05, 0) is 12.8 Å². The second-order valence-electron chi connectivity index (χ2n) is 3.84. The first kappa shape index (κ1) is 14.3. The molecule has 0 aromatic rings. The summed E-state index contributed by atoms with van der Waals surface area (Å²) in [5.74, 6) is -4.49. The third-order valence-corrected chi connectivity index (χ3v) is 2.50. The summed E-state index contributed by atoms with van der Waals surface area (Å²) in [5.41, 5.74) is 0. The fraction of sp³-hybridized carbons (Fsp3) is 0.667. The van der Waals surface area contributed by atoms with Crippen molar-refractivity contribution in [2.75, 3.05) is 6.54 Å². The number of halogens is 3. The van der Waals surface area contributed by atoms with Gasteiger partial charge in [0.25, 0.3) is 0 Å². The topological polar surface area (TPSA) is 95.5 Å². The van der Waals surface area contributed by atoms with Gasteiger partial charge in [-0.1, -0.05) is 0 Å². The second-order valence-corrected chi connectivity index (χ2v) is 3.84. The van der Waals surface area contributed by atoms with E-state index in [1.807, 2.05) is 5.32 Å². The lowest BCUT2D eigenvalue weighted by molar-refractivity contribution is -0.171. The number of carbonyl (C=O) groups is 3. The third kappa shape index (κ3) is 3.60. The summed E-state index contributed by atoms with van der Waals surface area (Å²) >= 11 is 0. The van der Waals surface area contributed by atoms with Crippen LogP contribution in [-0.2, 0) is 14.4 Å². The fourth-order valence-corrected chi connectivity index (χ4v) is 1.59. The largest absolute Gasteiger partial charge is 0.480 e. The SMILES string of the molecule is O=C(O)CNC(=O)[C@@H]1CC[C@H](C(F)(F)F)NC1=O. The lowest BCUT2D eigenvalue weighted by atomic mass is 9.93. The predicted octanol–water partition coefficient (Wildman–Crippen LogP) is -0.356. The Hall–Kier alpha value is -1.80. The number of amides is 2. The van der Waals surface area contributed by atoms with Crippen LogP contribution in [0.1, 0.15) is 12.8 Å². The Morgan fingerprint density at radius 1 is 1.39 bits per heavy atom. The lowest BCUT2D eigenvalue weighted by Crippen LogP contribution is -2.54. The highest BCUT2D eigenvalue weighted by atomic mass is 19.4. The summed E-state index contributed by atoms with van der Waals surface area (Å²) in [5, 5.41) is 12.0. The van der Waals surface area contributed by atoms with Gasteiger partial charge in [0.2, 0.25) is 11.8 Å². The average molecular weight is 268 g/mol. The molecule has 1 heterocycles. The highest BCUT2D eigenvalue weighted by Crippen LogP contribution is 2.28. The maximum absolute atomic E-state index is 12.3. The van der Waals surface area contributed by atoms with Gasteiger partial charge in [0, 0.05) is 0 Å². The molecule has 1 fully saturated rings. The Kier molecular flexibility index (Phi) is 4.15. The van der Waals surface area contributed by atoms with Gasteiger partial charge in [0.05, 0.1) is 0 Å². The molecule has 0 aliphatic carbocycles. The average Bonchev–Trinajstić information content (AvgIpc) is 2.24. The van der Waals surface area contributed by atoms with Crippen molar-refractivity contribution in [3.63, 3.8) is 0 Å². The number of carbonyl (C=O) groups excluding carboxylic acids is 2. The molecule has 0 bridgehead atoms. The highest BCUT2D eigenvalue weighted by molar-refractivity contribution is 6.01. The molecule has 0 aromatic carbocycles. The smallest absolute Gasteiger partial charge is 0.408 e. The van der Waals surface area contributed by atoms with Gasteiger partial charge in [-0.15, -0.1) is 0 Å². The van der Waals surface area contributed by atoms with E-state index in [4.69, 9.17) is 5.11 Å². The molecule has 0 radical (unpaired) electrons. The first-order valence-corrected chi connectivity index (χ1v) is 5.08. The van der Waals surface area contributed by atoms with E-state index in [9.17, 15) is 27.6 Å². The molecule has 6 nitrogen and oxygen atoms in total. The maximum Gasteiger partial charge on any atom is 0.408 e. The number of carboxylic acid groups (broad SMARTS) is 1. The van der Waals surface area contributed by atoms with E-state index in [0.29, 0.717) is 0 Å². The first-order valence-electron chi connectivity index (χ1n) is 5.08. The minimum Gasteiger partial charge on any atom is -0.480 e. The normalized spacial score (nSPS) is 24.3. The zero-order valence-corrected chi connectivity index (χ0v) is 9.08. The van der Waals surface area contributed by atoms with Crippen LogP contribution >= 0.6 is 0 Å². The molecule has 102 valence electrons. The Morgan fingerprint density at radius 3 is 2.44 bits per heavy atom. The standard InChI is InChI=1S/C9H11F3N2O4/c10-9(11,12)5-2-1-4(8(18)14-5)7(17)13-3-6(15)16/h4-5H,1-3H2,(H,13,17)(H,14,18)(H,15,16)/t4-,5+/m0/s1. The van der Waals surface area contributed by atoms with Crippen LogP contribution in [-0.4, -0.2) is 41.7 Å². The van der Waals surface area contributed by atoms with E-state index in [0.717, 1.165) is 0 Å². The summed E-state index contributed by atoms with van der Waals surface area (Å²) < 4.78 is 36.9. The number of hydrogen-bond donors (Lipinski definition) is 3. The monoisotopic (exact) mass is 268 g/mol. The minimum absolute atomic E-state index is 0.262. The molecule has 0 aromatic heterocycles. The Morgan fingerprint density at radius 2 is 2.00 bits per heavy atom. The molecule has 2 amide bonds. The van der Waals surface area contributed by atoms with Gasteiger partial charge in [0.15, 0.2) is 0 Å². The minimum atomic E-state index is -4.54. The summed E-state index contributed by atoms with van der Waals surface area (Å²) in [6.45, 7) is -0.675. The van der Waals surface area contributed by atoms with Crippen LogP contribution in [0.15, 0.2) is 0 Å². The highest BCUT2D eigenvalue weighted by Gasteiger charge is 2.45. The van der Waals surface area contributed by atoms with Crippen molar-refractivity contribution < 1.29 is 32.7 Å². The van der Waals surface area contributed by atoms with E-state index >= 15 is 0 Å². The van der Waals surface area contributed by atoms with Gasteiger partial charge >= 0.3 is 12.1 Å². The van der Waals surface area contributed by atoms with Crippen molar-refractivity contribution in [2.24, 2.45) is 5.92 Å². The fourth-order valence-electron chi connectivity index (χ4n) is 1.59. The number of carboxylic acids is 1. The van der Waals surface area contributed by atoms with Gasteiger partial charge < -0.3 is 15.7 Å². The van der Waals surface area contributed by atoms with Crippen LogP contribution < -0.4 is 10.6 Å². The van der Waals surface area contributed by atoms with Crippen LogP contribution in [0.5, 0.6) is 0 Å². The van der Waals surface area contributed by atoms with Crippen LogP contribution in [0, 0.1) is 5.92 Å². The molecule has 1 saturated heterocycles. The molecular formula is C9H11F3N2O4. The van der Waals surface area contributed by atoms with Gasteiger partial charge in [-0.2, -0.15) is 13.2 Å². The Labute approximate surface area is 99.5 Å². The van der Waals surface area contributed by atoms with E-state index in [1.54, 1.807) is 5.32 Å². The van der Waals surface area contributed by atoms with Crippen molar-refractivity contribution >= 4 is 17.8 Å². The Bertz CT molecular complexity index is 369. The third-order valence-electron chi connectivity index (χ3n) is 2.50. The maximum atomic E-state index is 12.3. The number of rotatable bonds is 3. The molecule has 1 aliphatic heterocycles. The molecule has 2 atom stereocenters. The van der Waals surface area contributed by atoms with Crippen LogP contribution in [0.3, 0.4) is 0 Å². The van der Waals surface area contributed by atoms with E-state index in [-0.39, 0.29) is 6.42 Å². The van der Waals surface area contributed by atoms with Gasteiger partial charge in [-0.3, -0.25) is 14.4 Å². The summed E-state index contributed by atoms with van der Waals surface area (Å²) in [6.07, 6.45) is -5.21. The first-order chi connectivity index (χ1) is 8.21. The van der Waals surface area contributed by atoms with Crippen molar-refractivity contribution in [2.45, 2.75) is 25.1 Å². The van der Waals surface area contributed by atoms with Crippen molar-refractivity contribution in [3.8, 4) is 0 Å². The summed E-state index contributed by atoms with van der Waals surface area (Å²) in [7, 11) is 0. The van der Waals surface area contributed by atoms with Crippen molar-refractivity contribution in [3.05, 3.63) is 0 Å². The number of hydrogen-bond acceptors (Lipinski definition) is 3. The molecule has 0 spiro atoms. The molecule has 9 heteroatoms. The molecule has 0 unspecified atom stereocenters. The quantitative estimate of drug-likeness (QED) is 0.609. The zero-order valence-electron chi connectivity index (χ0n) is 9.08. The van der Waals surface area contributed by atoms with Crippen molar-refractivity contribution in [1.82, 2.24) is 10.6 Å². The molecule has 1 aliphatic rings. The predicted molar refractivity (Wildman–Crippen MR) is 51.4 cm³/mol. The summed E-state index contributed by atoms with van der Waals surface area (Å²) in [4.78, 5) is 32.9. The number of piperidine rings is 1. The summed E-state index contributed by atoms with van der Waals surface area (Å²) in [6, 6.07) is -1.95. The van der Waals surface area contributed by atoms with Crippen LogP contribution in [0.2, 0.25) is 0 Å². The molecule has 1 rings (SSSR count). The molecule has 0 saturated carbocycles. The van der Waals surface area contributed by atoms with Gasteiger partial charge in [-0.25, -0.2) is 0 Å². The number of nitrogens with one attached hydrogen (secondary N) is 2. The van der Waals surface area contributed by atoms with E-state index < -0.39 is 48.9 Å². The molecular weight excluding hydrogens is 257 g/mol. The zero-order chi connectivity index (χ0) is 13.9. The van der Waals surface area contributed by atoms with Crippen molar-refractivity contribution in [1.29, 1.82) is 0 Å². The molecule has 3 N–H and O–H groups in total. The molecule has 18 heavy (non-hydrogen) atoms.